The molecule has 1 aliphatic heterocycles. The third kappa shape index (κ3) is 2.13. The monoisotopic (exact) mass is 273 g/mol. The molecule has 0 saturated carbocycles. The summed E-state index contributed by atoms with van der Waals surface area (Å²) in [4.78, 5) is 17.1. The van der Waals surface area contributed by atoms with Gasteiger partial charge in [-0.3, -0.25) is 9.36 Å². The van der Waals surface area contributed by atoms with Crippen LogP contribution in [0.3, 0.4) is 0 Å². The maximum Gasteiger partial charge on any atom is 0.261 e. The van der Waals surface area contributed by atoms with Crippen molar-refractivity contribution < 1.29 is 0 Å². The Morgan fingerprint density at radius 2 is 2.11 bits per heavy atom. The van der Waals surface area contributed by atoms with Crippen LogP contribution in [-0.2, 0) is 13.1 Å². The van der Waals surface area contributed by atoms with Gasteiger partial charge in [0.1, 0.15) is 5.82 Å². The van der Waals surface area contributed by atoms with Gasteiger partial charge in [0.05, 0.1) is 25.5 Å². The van der Waals surface area contributed by atoms with Crippen LogP contribution in [0.1, 0.15) is 5.82 Å². The number of nitrogens with zero attached hydrogens (tertiary/aromatic N) is 2. The lowest BCUT2D eigenvalue weighted by molar-refractivity contribution is 0.486. The fraction of sp³-hybridized carbons (Fsp3) is 0.429. The number of nitrogens with one attached hydrogen (secondary N) is 1. The molecular formula is C14H19N3OSi. The van der Waals surface area contributed by atoms with E-state index in [-0.39, 0.29) is 5.56 Å². The third-order valence-electron chi connectivity index (χ3n) is 3.70. The van der Waals surface area contributed by atoms with Crippen LogP contribution >= 0.6 is 0 Å². The topological polar surface area (TPSA) is 46.9 Å². The summed E-state index contributed by atoms with van der Waals surface area (Å²) in [7, 11) is -1.37. The van der Waals surface area contributed by atoms with Crippen molar-refractivity contribution in [1.29, 1.82) is 0 Å². The summed E-state index contributed by atoms with van der Waals surface area (Å²) in [5, 5.41) is 5.36. The molecule has 100 valence electrons. The predicted molar refractivity (Wildman–Crippen MR) is 80.7 cm³/mol. The Kier molecular flexibility index (Phi) is 2.83. The van der Waals surface area contributed by atoms with Gasteiger partial charge in [0.25, 0.3) is 5.56 Å². The van der Waals surface area contributed by atoms with Crippen molar-refractivity contribution in [2.75, 3.05) is 6.54 Å². The van der Waals surface area contributed by atoms with Crippen LogP contribution in [0.4, 0.5) is 0 Å². The van der Waals surface area contributed by atoms with Crippen molar-refractivity contribution in [3.05, 3.63) is 34.4 Å². The molecule has 1 aromatic carbocycles. The summed E-state index contributed by atoms with van der Waals surface area (Å²) >= 11 is 0. The second-order valence-corrected chi connectivity index (χ2v) is 11.2. The minimum atomic E-state index is -1.37. The van der Waals surface area contributed by atoms with Gasteiger partial charge in [-0.15, -0.1) is 0 Å². The molecule has 1 aromatic heterocycles. The second-order valence-electron chi connectivity index (χ2n) is 6.14. The van der Waals surface area contributed by atoms with E-state index in [0.29, 0.717) is 13.1 Å². The van der Waals surface area contributed by atoms with Crippen molar-refractivity contribution >= 4 is 24.2 Å². The number of aromatic nitrogens is 2. The molecule has 0 fully saturated rings. The highest BCUT2D eigenvalue weighted by Gasteiger charge is 2.19. The first-order valence-corrected chi connectivity index (χ1v) is 10.2. The molecule has 1 aliphatic rings. The molecule has 3 rings (SSSR count). The van der Waals surface area contributed by atoms with Crippen LogP contribution in [0.2, 0.25) is 19.6 Å². The minimum Gasteiger partial charge on any atom is -0.308 e. The highest BCUT2D eigenvalue weighted by atomic mass is 28.3. The van der Waals surface area contributed by atoms with Crippen molar-refractivity contribution in [2.24, 2.45) is 0 Å². The standard InChI is InChI=1S/C14H19N3OSi/c1-19(2,3)10-4-5-11-12(8-10)16-13-9-15-6-7-17(13)14(11)18/h4-5,8,15H,6-7,9H2,1-3H3. The van der Waals surface area contributed by atoms with Crippen molar-refractivity contribution in [3.8, 4) is 0 Å². The first-order chi connectivity index (χ1) is 8.97. The quantitative estimate of drug-likeness (QED) is 0.790. The minimum absolute atomic E-state index is 0.101. The van der Waals surface area contributed by atoms with Crippen molar-refractivity contribution in [3.63, 3.8) is 0 Å². The molecule has 0 aliphatic carbocycles. The van der Waals surface area contributed by atoms with E-state index >= 15 is 0 Å². The van der Waals surface area contributed by atoms with E-state index in [2.05, 4.69) is 42.1 Å². The van der Waals surface area contributed by atoms with Crippen LogP contribution in [-0.4, -0.2) is 24.2 Å². The summed E-state index contributed by atoms with van der Waals surface area (Å²) in [5.41, 5.74) is 0.948. The lowest BCUT2D eigenvalue weighted by Gasteiger charge is -2.20. The van der Waals surface area contributed by atoms with Crippen LogP contribution in [0.15, 0.2) is 23.0 Å². The van der Waals surface area contributed by atoms with E-state index in [0.717, 1.165) is 23.3 Å². The van der Waals surface area contributed by atoms with E-state index < -0.39 is 8.07 Å². The van der Waals surface area contributed by atoms with Gasteiger partial charge < -0.3 is 5.32 Å². The summed E-state index contributed by atoms with van der Waals surface area (Å²) in [6.07, 6.45) is 0. The second kappa shape index (κ2) is 4.28. The highest BCUT2D eigenvalue weighted by Crippen LogP contribution is 2.11. The number of benzene rings is 1. The lowest BCUT2D eigenvalue weighted by atomic mass is 10.2. The summed E-state index contributed by atoms with van der Waals surface area (Å²) in [6, 6.07) is 6.16. The molecule has 0 amide bonds. The average Bonchev–Trinajstić information content (AvgIpc) is 2.37. The number of fused-ring (bicyclic) bond motifs is 2. The Morgan fingerprint density at radius 3 is 2.84 bits per heavy atom. The zero-order chi connectivity index (χ0) is 13.6. The Hall–Kier alpha value is -1.46. The third-order valence-corrected chi connectivity index (χ3v) is 5.74. The fourth-order valence-corrected chi connectivity index (χ4v) is 3.64. The Labute approximate surface area is 113 Å². The van der Waals surface area contributed by atoms with Gasteiger partial charge in [-0.1, -0.05) is 30.9 Å². The Bertz CT molecular complexity index is 700. The number of hydrogen-bond donors (Lipinski definition) is 1. The normalized spacial score (nSPS) is 15.5. The maximum absolute atomic E-state index is 12.4. The predicted octanol–water partition coefficient (Wildman–Crippen LogP) is 1.04. The Morgan fingerprint density at radius 1 is 1.32 bits per heavy atom. The molecule has 0 saturated heterocycles. The highest BCUT2D eigenvalue weighted by molar-refractivity contribution is 6.88. The average molecular weight is 273 g/mol. The van der Waals surface area contributed by atoms with E-state index in [1.165, 1.54) is 5.19 Å². The zero-order valence-electron chi connectivity index (χ0n) is 11.7. The maximum atomic E-state index is 12.4. The van der Waals surface area contributed by atoms with Gasteiger partial charge >= 0.3 is 0 Å². The zero-order valence-corrected chi connectivity index (χ0v) is 12.7. The van der Waals surface area contributed by atoms with E-state index in [9.17, 15) is 4.79 Å². The molecule has 5 heteroatoms. The molecule has 19 heavy (non-hydrogen) atoms. The van der Waals surface area contributed by atoms with Gasteiger partial charge in [0.2, 0.25) is 0 Å². The number of hydrogen-bond acceptors (Lipinski definition) is 3. The lowest BCUT2D eigenvalue weighted by Crippen LogP contribution is -2.39. The molecule has 2 aromatic rings. The van der Waals surface area contributed by atoms with Gasteiger partial charge in [-0.25, -0.2) is 4.98 Å². The van der Waals surface area contributed by atoms with Gasteiger partial charge in [-0.05, 0) is 12.1 Å². The molecule has 0 bridgehead atoms. The molecule has 2 heterocycles. The summed E-state index contributed by atoms with van der Waals surface area (Å²) < 4.78 is 1.80. The van der Waals surface area contributed by atoms with Gasteiger partial charge in [0, 0.05) is 13.1 Å². The molecule has 0 atom stereocenters. The van der Waals surface area contributed by atoms with Crippen LogP contribution < -0.4 is 16.1 Å². The molecular weight excluding hydrogens is 254 g/mol. The largest absolute Gasteiger partial charge is 0.308 e. The molecule has 4 nitrogen and oxygen atoms in total. The summed E-state index contributed by atoms with van der Waals surface area (Å²) in [5.74, 6) is 0.858. The molecule has 0 spiro atoms. The van der Waals surface area contributed by atoms with E-state index in [4.69, 9.17) is 0 Å². The van der Waals surface area contributed by atoms with Crippen LogP contribution in [0.5, 0.6) is 0 Å². The summed E-state index contributed by atoms with van der Waals surface area (Å²) in [6.45, 7) is 9.16. The SMILES string of the molecule is C[Si](C)(C)c1ccc2c(=O)n3c(nc2c1)CNCC3. The fourth-order valence-electron chi connectivity index (χ4n) is 2.49. The van der Waals surface area contributed by atoms with Crippen LogP contribution in [0, 0.1) is 0 Å². The van der Waals surface area contributed by atoms with E-state index in [1.54, 1.807) is 4.57 Å². The van der Waals surface area contributed by atoms with E-state index in [1.807, 2.05) is 6.07 Å². The van der Waals surface area contributed by atoms with Crippen LogP contribution in [0.25, 0.3) is 10.9 Å². The first kappa shape index (κ1) is 12.6. The van der Waals surface area contributed by atoms with Crippen molar-refractivity contribution in [1.82, 2.24) is 14.9 Å². The van der Waals surface area contributed by atoms with Gasteiger partial charge in [0.15, 0.2) is 0 Å². The smallest absolute Gasteiger partial charge is 0.261 e. The first-order valence-electron chi connectivity index (χ1n) is 6.71. The molecule has 1 N–H and O–H groups in total. The molecule has 0 radical (unpaired) electrons. The van der Waals surface area contributed by atoms with Gasteiger partial charge in [-0.2, -0.15) is 0 Å². The Balaban J connectivity index is 2.28. The number of rotatable bonds is 1. The molecule has 0 unspecified atom stereocenters. The van der Waals surface area contributed by atoms with Crippen molar-refractivity contribution in [2.45, 2.75) is 32.7 Å².